The molecule has 0 bridgehead atoms. The van der Waals surface area contributed by atoms with Gasteiger partial charge in [0.1, 0.15) is 0 Å². The average Bonchev–Trinajstić information content (AvgIpc) is 2.16. The van der Waals surface area contributed by atoms with Crippen LogP contribution in [-0.2, 0) is 2.67 Å². The van der Waals surface area contributed by atoms with Gasteiger partial charge in [-0.25, -0.2) is 0 Å². The second-order valence-corrected chi connectivity index (χ2v) is 35.9. The van der Waals surface area contributed by atoms with E-state index in [0.717, 1.165) is 0 Å². The van der Waals surface area contributed by atoms with Crippen molar-refractivity contribution >= 4 is 67.9 Å². The Morgan fingerprint density at radius 3 is 1.08 bits per heavy atom. The zero-order valence-electron chi connectivity index (χ0n) is 7.69. The molecule has 0 saturated carbocycles. The van der Waals surface area contributed by atoms with Gasteiger partial charge in [0, 0.05) is 0 Å². The van der Waals surface area contributed by atoms with Crippen LogP contribution in [0, 0.1) is 0 Å². The summed E-state index contributed by atoms with van der Waals surface area (Å²) in [6.07, 6.45) is 0. The zero-order valence-corrected chi connectivity index (χ0v) is 18.1. The van der Waals surface area contributed by atoms with Crippen LogP contribution in [0.5, 0.6) is 0 Å². The molecule has 0 atom stereocenters. The van der Waals surface area contributed by atoms with E-state index in [4.69, 9.17) is 2.67 Å². The maximum absolute atomic E-state index is 5.93. The number of hydrogen-bond acceptors (Lipinski definition) is 3. The van der Waals surface area contributed by atoms with Gasteiger partial charge < -0.3 is 0 Å². The topological polar surface area (TPSA) is 27.7 Å². The Labute approximate surface area is 102 Å². The molecule has 12 heavy (non-hydrogen) atoms. The van der Waals surface area contributed by atoms with Crippen LogP contribution in [0.15, 0.2) is 0 Å². The average molecular weight is 762 g/mol. The standard InChI is InChI=1S/3C2H5.3Bi.3O/c3*1-2;;;;;;/h3*1H2,2H3;;;;;;. The number of hydrogen-bond donors (Lipinski definition) is 0. The first-order valence-corrected chi connectivity index (χ1v) is 20.1. The first-order valence-electron chi connectivity index (χ1n) is 4.17. The molecule has 72 valence electrons. The Morgan fingerprint density at radius 1 is 0.667 bits per heavy atom. The van der Waals surface area contributed by atoms with E-state index in [1.54, 1.807) is 0 Å². The van der Waals surface area contributed by atoms with Gasteiger partial charge in [-0.1, -0.05) is 0 Å². The quantitative estimate of drug-likeness (QED) is 0.410. The SMILES string of the molecule is C[CH2][Bi]1[O][Bi]([CH2]C)[O][Bi]([CH2]C)[O]1. The minimum atomic E-state index is -1.81. The van der Waals surface area contributed by atoms with Crippen molar-refractivity contribution in [2.75, 3.05) is 0 Å². The fraction of sp³-hybridized carbons (Fsp3) is 1.00. The van der Waals surface area contributed by atoms with Crippen molar-refractivity contribution in [3.05, 3.63) is 0 Å². The van der Waals surface area contributed by atoms with E-state index in [2.05, 4.69) is 20.8 Å². The van der Waals surface area contributed by atoms with E-state index in [1.165, 1.54) is 12.4 Å². The first-order chi connectivity index (χ1) is 5.80. The van der Waals surface area contributed by atoms with Crippen LogP contribution >= 0.6 is 0 Å². The molecule has 1 fully saturated rings. The van der Waals surface area contributed by atoms with E-state index in [9.17, 15) is 0 Å². The molecule has 0 aromatic heterocycles. The summed E-state index contributed by atoms with van der Waals surface area (Å²) in [4.78, 5) is 0. The Hall–Kier alpha value is 2.53. The summed E-state index contributed by atoms with van der Waals surface area (Å²) < 4.78 is 21.4. The van der Waals surface area contributed by atoms with Gasteiger partial charge in [-0.3, -0.25) is 0 Å². The Bertz CT molecular complexity index is 105. The van der Waals surface area contributed by atoms with Gasteiger partial charge in [0.25, 0.3) is 0 Å². The second-order valence-electron chi connectivity index (χ2n) is 2.19. The van der Waals surface area contributed by atoms with Crippen molar-refractivity contribution in [3.63, 3.8) is 0 Å². The van der Waals surface area contributed by atoms with Gasteiger partial charge in [-0.2, -0.15) is 0 Å². The molecule has 1 aliphatic rings. The molecule has 1 rings (SSSR count). The van der Waals surface area contributed by atoms with Crippen LogP contribution in [0.3, 0.4) is 0 Å². The number of rotatable bonds is 3. The Morgan fingerprint density at radius 2 is 0.917 bits per heavy atom. The van der Waals surface area contributed by atoms with Gasteiger partial charge in [0.15, 0.2) is 0 Å². The third-order valence-corrected chi connectivity index (χ3v) is 48.9. The van der Waals surface area contributed by atoms with E-state index in [1.807, 2.05) is 0 Å². The van der Waals surface area contributed by atoms with Crippen molar-refractivity contribution in [2.45, 2.75) is 33.2 Å². The Kier molecular flexibility index (Phi) is 7.26. The van der Waals surface area contributed by atoms with Crippen LogP contribution in [-0.4, -0.2) is 67.9 Å². The van der Waals surface area contributed by atoms with Crippen molar-refractivity contribution in [1.29, 1.82) is 0 Å². The summed E-state index contributed by atoms with van der Waals surface area (Å²) in [7, 11) is 0. The molecular weight excluding hydrogens is 747 g/mol. The van der Waals surface area contributed by atoms with Crippen molar-refractivity contribution in [2.24, 2.45) is 0 Å². The predicted octanol–water partition coefficient (Wildman–Crippen LogP) is 1.57. The summed E-state index contributed by atoms with van der Waals surface area (Å²) >= 11 is -5.43. The molecule has 6 heteroatoms. The fourth-order valence-electron chi connectivity index (χ4n) is 0.696. The van der Waals surface area contributed by atoms with Crippen LogP contribution in [0.1, 0.15) is 20.8 Å². The molecule has 0 unspecified atom stereocenters. The summed E-state index contributed by atoms with van der Waals surface area (Å²) in [5.74, 6) is 0. The molecular formula is C6H15Bi3O3. The second kappa shape index (κ2) is 6.91. The maximum atomic E-state index is 5.93. The van der Waals surface area contributed by atoms with E-state index in [-0.39, 0.29) is 0 Å². The van der Waals surface area contributed by atoms with Gasteiger partial charge in [-0.15, -0.1) is 0 Å². The van der Waals surface area contributed by atoms with E-state index < -0.39 is 67.9 Å². The summed E-state index contributed by atoms with van der Waals surface area (Å²) in [5.41, 5.74) is 0. The third-order valence-electron chi connectivity index (χ3n) is 1.32. The van der Waals surface area contributed by atoms with Crippen LogP contribution < -0.4 is 0 Å². The molecule has 1 saturated heterocycles. The molecule has 1 heterocycles. The molecule has 0 aliphatic carbocycles. The van der Waals surface area contributed by atoms with Crippen molar-refractivity contribution in [3.8, 4) is 0 Å². The fourth-order valence-corrected chi connectivity index (χ4v) is 80.4. The summed E-state index contributed by atoms with van der Waals surface area (Å²) in [5, 5.41) is 0. The molecule has 0 spiro atoms. The minimum absolute atomic E-state index is 1.19. The van der Waals surface area contributed by atoms with Gasteiger partial charge in [0.05, 0.1) is 0 Å². The summed E-state index contributed by atoms with van der Waals surface area (Å²) in [6.45, 7) is 6.62. The molecule has 0 amide bonds. The monoisotopic (exact) mass is 762 g/mol. The van der Waals surface area contributed by atoms with Crippen LogP contribution in [0.4, 0.5) is 0 Å². The van der Waals surface area contributed by atoms with Crippen LogP contribution in [0.2, 0.25) is 12.4 Å². The Balaban J connectivity index is 2.41. The zero-order chi connectivity index (χ0) is 8.97. The van der Waals surface area contributed by atoms with Crippen molar-refractivity contribution < 1.29 is 2.67 Å². The van der Waals surface area contributed by atoms with E-state index >= 15 is 0 Å². The molecule has 1 aliphatic heterocycles. The molecule has 0 radical (unpaired) electrons. The molecule has 0 N–H and O–H groups in total. The van der Waals surface area contributed by atoms with E-state index in [0.29, 0.717) is 0 Å². The van der Waals surface area contributed by atoms with Gasteiger partial charge in [0.2, 0.25) is 0 Å². The third kappa shape index (κ3) is 3.95. The van der Waals surface area contributed by atoms with Gasteiger partial charge in [-0.05, 0) is 0 Å². The van der Waals surface area contributed by atoms with Gasteiger partial charge >= 0.3 is 104 Å². The van der Waals surface area contributed by atoms with Crippen molar-refractivity contribution in [1.82, 2.24) is 0 Å². The molecule has 0 aromatic rings. The molecule has 0 aromatic carbocycles. The molecule has 3 nitrogen and oxygen atoms in total. The summed E-state index contributed by atoms with van der Waals surface area (Å²) in [6, 6.07) is 0. The first kappa shape index (κ1) is 12.6. The normalized spacial score (nSPS) is 23.2. The van der Waals surface area contributed by atoms with Crippen LogP contribution in [0.25, 0.3) is 0 Å². The predicted molar refractivity (Wildman–Crippen MR) is 52.0 cm³/mol.